The molecule has 1 N–H and O–H groups in total. The Labute approximate surface area is 70.4 Å². The second-order valence-corrected chi connectivity index (χ2v) is 2.56. The highest BCUT2D eigenvalue weighted by molar-refractivity contribution is 5.96. The van der Waals surface area contributed by atoms with Gasteiger partial charge < -0.3 is 5.41 Å². The first-order chi connectivity index (χ1) is 5.92. The molecule has 2 heteroatoms. The molecule has 1 heterocycles. The van der Waals surface area contributed by atoms with Gasteiger partial charge in [-0.1, -0.05) is 24.3 Å². The fourth-order valence-corrected chi connectivity index (χ4v) is 1.26. The Balaban J connectivity index is 2.88. The topological polar surface area (TPSA) is 36.7 Å². The van der Waals surface area contributed by atoms with E-state index in [9.17, 15) is 0 Å². The fourth-order valence-electron chi connectivity index (χ4n) is 1.26. The first-order valence-electron chi connectivity index (χ1n) is 3.76. The molecule has 2 aromatic rings. The summed E-state index contributed by atoms with van der Waals surface area (Å²) in [5, 5.41) is 9.31. The van der Waals surface area contributed by atoms with Gasteiger partial charge in [0.15, 0.2) is 0 Å². The van der Waals surface area contributed by atoms with Crippen molar-refractivity contribution in [3.05, 3.63) is 42.2 Å². The van der Waals surface area contributed by atoms with Crippen molar-refractivity contribution in [3.8, 4) is 0 Å². The predicted octanol–water partition coefficient (Wildman–Crippen LogP) is 2.23. The molecule has 1 aromatic carbocycles. The third-order valence-corrected chi connectivity index (χ3v) is 1.84. The molecule has 0 bridgehead atoms. The largest absolute Gasteiger partial charge is 0.306 e. The van der Waals surface area contributed by atoms with Crippen LogP contribution in [0.2, 0.25) is 0 Å². The zero-order valence-electron chi connectivity index (χ0n) is 6.49. The van der Waals surface area contributed by atoms with Crippen molar-refractivity contribution in [3.63, 3.8) is 0 Å². The number of nitrogens with one attached hydrogen (secondary N) is 1. The second-order valence-electron chi connectivity index (χ2n) is 2.56. The van der Waals surface area contributed by atoms with Crippen LogP contribution < -0.4 is 0 Å². The number of hydrogen-bond acceptors (Lipinski definition) is 2. The third kappa shape index (κ3) is 0.975. The Morgan fingerprint density at radius 1 is 1.17 bits per heavy atom. The van der Waals surface area contributed by atoms with Crippen LogP contribution in [0.25, 0.3) is 10.8 Å². The maximum Gasteiger partial charge on any atom is 0.0883 e. The molecule has 58 valence electrons. The number of nitrogens with zero attached hydrogens (tertiary/aromatic N) is 1. The van der Waals surface area contributed by atoms with E-state index in [-0.39, 0.29) is 0 Å². The molecule has 0 unspecified atom stereocenters. The Morgan fingerprint density at radius 2 is 2.00 bits per heavy atom. The van der Waals surface area contributed by atoms with Gasteiger partial charge in [0, 0.05) is 17.8 Å². The zero-order chi connectivity index (χ0) is 8.39. The van der Waals surface area contributed by atoms with Gasteiger partial charge in [0.1, 0.15) is 0 Å². The van der Waals surface area contributed by atoms with E-state index >= 15 is 0 Å². The molecule has 0 amide bonds. The molecule has 0 saturated heterocycles. The molecular formula is C10H8N2. The number of rotatable bonds is 1. The van der Waals surface area contributed by atoms with E-state index in [0.717, 1.165) is 16.5 Å². The lowest BCUT2D eigenvalue weighted by Crippen LogP contribution is -1.86. The average molecular weight is 156 g/mol. The monoisotopic (exact) mass is 156 g/mol. The molecular weight excluding hydrogens is 148 g/mol. The summed E-state index contributed by atoms with van der Waals surface area (Å²) in [6.45, 7) is 0. The standard InChI is InChI=1S/C10H8N2/c11-7-10-9-4-2-1-3-8(9)5-6-12-10/h1-7,11H. The Morgan fingerprint density at radius 3 is 2.83 bits per heavy atom. The molecule has 0 aliphatic heterocycles. The molecule has 0 radical (unpaired) electrons. The molecule has 2 rings (SSSR count). The number of hydrogen-bond donors (Lipinski definition) is 1. The van der Waals surface area contributed by atoms with E-state index in [4.69, 9.17) is 5.41 Å². The predicted molar refractivity (Wildman–Crippen MR) is 49.6 cm³/mol. The van der Waals surface area contributed by atoms with Crippen molar-refractivity contribution >= 4 is 17.0 Å². The van der Waals surface area contributed by atoms with Crippen LogP contribution in [0.15, 0.2) is 36.5 Å². The summed E-state index contributed by atoms with van der Waals surface area (Å²) in [6.07, 6.45) is 3.00. The summed E-state index contributed by atoms with van der Waals surface area (Å²) >= 11 is 0. The smallest absolute Gasteiger partial charge is 0.0883 e. The van der Waals surface area contributed by atoms with Gasteiger partial charge >= 0.3 is 0 Å². The van der Waals surface area contributed by atoms with E-state index in [1.165, 1.54) is 6.21 Å². The van der Waals surface area contributed by atoms with Crippen molar-refractivity contribution in [2.24, 2.45) is 0 Å². The fraction of sp³-hybridized carbons (Fsp3) is 0. The highest BCUT2D eigenvalue weighted by Gasteiger charge is 1.96. The summed E-state index contributed by atoms with van der Waals surface area (Å²) in [6, 6.07) is 9.88. The van der Waals surface area contributed by atoms with E-state index in [1.807, 2.05) is 30.3 Å². The quantitative estimate of drug-likeness (QED) is 0.631. The first-order valence-corrected chi connectivity index (χ1v) is 3.76. The number of benzene rings is 1. The maximum atomic E-state index is 7.14. The summed E-state index contributed by atoms with van der Waals surface area (Å²) in [7, 11) is 0. The third-order valence-electron chi connectivity index (χ3n) is 1.84. The van der Waals surface area contributed by atoms with Gasteiger partial charge in [-0.2, -0.15) is 0 Å². The van der Waals surface area contributed by atoms with Crippen molar-refractivity contribution in [1.29, 1.82) is 5.41 Å². The van der Waals surface area contributed by atoms with Crippen LogP contribution in [-0.4, -0.2) is 11.2 Å². The summed E-state index contributed by atoms with van der Waals surface area (Å²) in [5.74, 6) is 0. The van der Waals surface area contributed by atoms with Gasteiger partial charge in [0.05, 0.1) is 5.69 Å². The first kappa shape index (κ1) is 6.98. The van der Waals surface area contributed by atoms with Gasteiger partial charge in [0.2, 0.25) is 0 Å². The van der Waals surface area contributed by atoms with Crippen molar-refractivity contribution in [2.75, 3.05) is 0 Å². The lowest BCUT2D eigenvalue weighted by molar-refractivity contribution is 1.33. The van der Waals surface area contributed by atoms with Crippen molar-refractivity contribution in [2.45, 2.75) is 0 Å². The van der Waals surface area contributed by atoms with Crippen LogP contribution in [0.5, 0.6) is 0 Å². The summed E-state index contributed by atoms with van der Waals surface area (Å²) < 4.78 is 0. The number of fused-ring (bicyclic) bond motifs is 1. The molecule has 0 aliphatic rings. The van der Waals surface area contributed by atoms with E-state index in [0.29, 0.717) is 0 Å². The minimum absolute atomic E-state index is 0.730. The molecule has 0 atom stereocenters. The second kappa shape index (κ2) is 2.74. The molecule has 0 spiro atoms. The minimum Gasteiger partial charge on any atom is -0.306 e. The molecule has 0 aliphatic carbocycles. The molecule has 1 aromatic heterocycles. The van der Waals surface area contributed by atoms with Gasteiger partial charge in [-0.3, -0.25) is 4.98 Å². The van der Waals surface area contributed by atoms with Crippen LogP contribution in [0.3, 0.4) is 0 Å². The molecule has 2 nitrogen and oxygen atoms in total. The van der Waals surface area contributed by atoms with E-state index < -0.39 is 0 Å². The summed E-state index contributed by atoms with van der Waals surface area (Å²) in [4.78, 5) is 4.08. The van der Waals surface area contributed by atoms with Crippen molar-refractivity contribution in [1.82, 2.24) is 4.98 Å². The van der Waals surface area contributed by atoms with Crippen LogP contribution in [0.1, 0.15) is 5.69 Å². The van der Waals surface area contributed by atoms with Gasteiger partial charge in [-0.25, -0.2) is 0 Å². The zero-order valence-corrected chi connectivity index (χ0v) is 6.49. The van der Waals surface area contributed by atoms with E-state index in [1.54, 1.807) is 6.20 Å². The lowest BCUT2D eigenvalue weighted by Gasteiger charge is -1.98. The minimum atomic E-state index is 0.730. The number of aromatic nitrogens is 1. The van der Waals surface area contributed by atoms with Crippen LogP contribution >= 0.6 is 0 Å². The highest BCUT2D eigenvalue weighted by Crippen LogP contribution is 2.14. The van der Waals surface area contributed by atoms with Crippen LogP contribution in [0, 0.1) is 5.41 Å². The summed E-state index contributed by atoms with van der Waals surface area (Å²) in [5.41, 5.74) is 0.730. The average Bonchev–Trinajstić information content (AvgIpc) is 2.17. The number of pyridine rings is 1. The van der Waals surface area contributed by atoms with Crippen molar-refractivity contribution < 1.29 is 0 Å². The van der Waals surface area contributed by atoms with E-state index in [2.05, 4.69) is 4.98 Å². The SMILES string of the molecule is N=Cc1nccc2ccccc12. The molecule has 0 saturated carbocycles. The van der Waals surface area contributed by atoms with Gasteiger partial charge in [0.25, 0.3) is 0 Å². The Bertz CT molecular complexity index is 416. The van der Waals surface area contributed by atoms with Crippen LogP contribution in [-0.2, 0) is 0 Å². The lowest BCUT2D eigenvalue weighted by atomic mass is 10.1. The molecule has 0 fully saturated rings. The molecule has 12 heavy (non-hydrogen) atoms. The normalized spacial score (nSPS) is 10.0. The van der Waals surface area contributed by atoms with Gasteiger partial charge in [-0.15, -0.1) is 0 Å². The maximum absolute atomic E-state index is 7.14. The Kier molecular flexibility index (Phi) is 1.59. The van der Waals surface area contributed by atoms with Gasteiger partial charge in [-0.05, 0) is 11.5 Å². The van der Waals surface area contributed by atoms with Crippen LogP contribution in [0.4, 0.5) is 0 Å². The highest BCUT2D eigenvalue weighted by atomic mass is 14.7. The Hall–Kier alpha value is -1.70.